The number of hydrogen-bond donors (Lipinski definition) is 1. The van der Waals surface area contributed by atoms with Crippen LogP contribution in [0.4, 0.5) is 18.9 Å². The smallest absolute Gasteiger partial charge is 0.322 e. The fourth-order valence-corrected chi connectivity index (χ4v) is 2.15. The number of pyridine rings is 2. The monoisotopic (exact) mass is 367 g/mol. The minimum absolute atomic E-state index is 0.0213. The Kier molecular flexibility index (Phi) is 5.18. The average molecular weight is 367 g/mol. The number of rotatable bonds is 2. The summed E-state index contributed by atoms with van der Waals surface area (Å²) in [6, 6.07) is 14.0. The third-order valence-corrected chi connectivity index (χ3v) is 3.44. The molecular weight excluding hydrogens is 355 g/mol. The van der Waals surface area contributed by atoms with Gasteiger partial charge in [0.2, 0.25) is 0 Å². The fourth-order valence-electron chi connectivity index (χ4n) is 2.15. The first-order valence-electron chi connectivity index (χ1n) is 7.79. The topological polar surface area (TPSA) is 54.9 Å². The van der Waals surface area contributed by atoms with Gasteiger partial charge in [0.15, 0.2) is 0 Å². The maximum atomic E-state index is 12.5. The van der Waals surface area contributed by atoms with E-state index in [1.165, 1.54) is 0 Å². The van der Waals surface area contributed by atoms with E-state index >= 15 is 0 Å². The summed E-state index contributed by atoms with van der Waals surface area (Å²) in [5, 5.41) is 2.61. The van der Waals surface area contributed by atoms with Gasteiger partial charge < -0.3 is 5.32 Å². The van der Waals surface area contributed by atoms with Crippen molar-refractivity contribution in [2.24, 2.45) is 0 Å². The molecule has 0 fully saturated rings. The third-order valence-electron chi connectivity index (χ3n) is 3.44. The molecule has 0 saturated heterocycles. The van der Waals surface area contributed by atoms with Gasteiger partial charge in [0.05, 0.1) is 5.56 Å². The normalized spacial score (nSPS) is 10.6. The summed E-state index contributed by atoms with van der Waals surface area (Å²) >= 11 is 0. The van der Waals surface area contributed by atoms with E-state index in [1.807, 2.05) is 6.07 Å². The SMILES string of the molecule is O=C(Nc1cccc(C#Cc2ccccn2)c1)c1ccc(C(F)(F)F)nc1. The minimum Gasteiger partial charge on any atom is -0.322 e. The highest BCUT2D eigenvalue weighted by Crippen LogP contribution is 2.27. The number of hydrogen-bond acceptors (Lipinski definition) is 3. The van der Waals surface area contributed by atoms with E-state index in [0.29, 0.717) is 16.9 Å². The van der Waals surface area contributed by atoms with Crippen molar-refractivity contribution >= 4 is 11.6 Å². The van der Waals surface area contributed by atoms with Gasteiger partial charge in [-0.25, -0.2) is 4.98 Å². The van der Waals surface area contributed by atoms with Crippen molar-refractivity contribution in [3.05, 3.63) is 89.5 Å². The van der Waals surface area contributed by atoms with E-state index in [4.69, 9.17) is 0 Å². The molecule has 0 aliphatic carbocycles. The lowest BCUT2D eigenvalue weighted by atomic mass is 10.2. The van der Waals surface area contributed by atoms with Crippen molar-refractivity contribution in [3.8, 4) is 11.8 Å². The number of nitrogens with zero attached hydrogens (tertiary/aromatic N) is 2. The van der Waals surface area contributed by atoms with Crippen LogP contribution in [-0.4, -0.2) is 15.9 Å². The summed E-state index contributed by atoms with van der Waals surface area (Å²) in [7, 11) is 0. The van der Waals surface area contributed by atoms with Gasteiger partial charge in [0, 0.05) is 23.6 Å². The molecule has 0 bridgehead atoms. The number of alkyl halides is 3. The molecule has 3 aromatic rings. The standard InChI is InChI=1S/C20H12F3N3O/c21-20(22,23)18-10-8-15(13-25-18)19(27)26-17-6-3-4-14(12-17)7-9-16-5-1-2-11-24-16/h1-6,8,10-13H,(H,26,27). The highest BCUT2D eigenvalue weighted by molar-refractivity contribution is 6.04. The zero-order valence-electron chi connectivity index (χ0n) is 13.8. The molecule has 0 aliphatic rings. The number of nitrogens with one attached hydrogen (secondary N) is 1. The summed E-state index contributed by atoms with van der Waals surface area (Å²) in [6.07, 6.45) is -2.02. The summed E-state index contributed by atoms with van der Waals surface area (Å²) < 4.78 is 37.6. The molecule has 0 aliphatic heterocycles. The van der Waals surface area contributed by atoms with E-state index in [2.05, 4.69) is 27.1 Å². The number of amides is 1. The third kappa shape index (κ3) is 4.92. The predicted molar refractivity (Wildman–Crippen MR) is 93.9 cm³/mol. The van der Waals surface area contributed by atoms with Gasteiger partial charge in [-0.2, -0.15) is 13.2 Å². The summed E-state index contributed by atoms with van der Waals surface area (Å²) in [6.45, 7) is 0. The van der Waals surface area contributed by atoms with Crippen molar-refractivity contribution in [1.82, 2.24) is 9.97 Å². The molecule has 4 nitrogen and oxygen atoms in total. The van der Waals surface area contributed by atoms with E-state index in [1.54, 1.807) is 42.6 Å². The Morgan fingerprint density at radius 3 is 2.48 bits per heavy atom. The lowest BCUT2D eigenvalue weighted by Gasteiger charge is -2.08. The summed E-state index contributed by atoms with van der Waals surface area (Å²) in [4.78, 5) is 19.6. The average Bonchev–Trinajstić information content (AvgIpc) is 2.67. The molecule has 0 radical (unpaired) electrons. The number of carbonyl (C=O) groups excluding carboxylic acids is 1. The number of carbonyl (C=O) groups is 1. The van der Waals surface area contributed by atoms with E-state index in [9.17, 15) is 18.0 Å². The second-order valence-corrected chi connectivity index (χ2v) is 5.43. The molecule has 27 heavy (non-hydrogen) atoms. The number of halogens is 3. The maximum Gasteiger partial charge on any atom is 0.433 e. The summed E-state index contributed by atoms with van der Waals surface area (Å²) in [5.41, 5.74) is 0.707. The van der Waals surface area contributed by atoms with Crippen molar-refractivity contribution in [2.45, 2.75) is 6.18 Å². The highest BCUT2D eigenvalue weighted by atomic mass is 19.4. The molecule has 0 atom stereocenters. The largest absolute Gasteiger partial charge is 0.433 e. The van der Waals surface area contributed by atoms with Crippen LogP contribution in [0.15, 0.2) is 67.0 Å². The zero-order valence-corrected chi connectivity index (χ0v) is 13.8. The van der Waals surface area contributed by atoms with Gasteiger partial charge in [-0.05, 0) is 48.4 Å². The Morgan fingerprint density at radius 2 is 1.81 bits per heavy atom. The van der Waals surface area contributed by atoms with E-state index in [-0.39, 0.29) is 5.56 Å². The van der Waals surface area contributed by atoms with Crippen LogP contribution in [0.3, 0.4) is 0 Å². The first-order valence-corrected chi connectivity index (χ1v) is 7.79. The second kappa shape index (κ2) is 7.70. The molecular formula is C20H12F3N3O. The van der Waals surface area contributed by atoms with Crippen LogP contribution in [0.5, 0.6) is 0 Å². The highest BCUT2D eigenvalue weighted by Gasteiger charge is 2.32. The Bertz CT molecular complexity index is 1000. The molecule has 1 N–H and O–H groups in total. The Labute approximate surface area is 153 Å². The van der Waals surface area contributed by atoms with Crippen LogP contribution < -0.4 is 5.32 Å². The van der Waals surface area contributed by atoms with Crippen LogP contribution >= 0.6 is 0 Å². The Balaban J connectivity index is 1.72. The molecule has 0 saturated carbocycles. The zero-order chi connectivity index (χ0) is 19.3. The second-order valence-electron chi connectivity index (χ2n) is 5.43. The van der Waals surface area contributed by atoms with Crippen LogP contribution in [0.1, 0.15) is 27.3 Å². The van der Waals surface area contributed by atoms with Gasteiger partial charge in [-0.15, -0.1) is 0 Å². The Hall–Kier alpha value is -3.66. The molecule has 2 heterocycles. The van der Waals surface area contributed by atoms with Crippen LogP contribution in [0.2, 0.25) is 0 Å². The van der Waals surface area contributed by atoms with Crippen LogP contribution in [-0.2, 0) is 6.18 Å². The number of benzene rings is 1. The molecule has 7 heteroatoms. The van der Waals surface area contributed by atoms with Crippen molar-refractivity contribution in [3.63, 3.8) is 0 Å². The fraction of sp³-hybridized carbons (Fsp3) is 0.0500. The molecule has 2 aromatic heterocycles. The molecule has 134 valence electrons. The molecule has 0 unspecified atom stereocenters. The lowest BCUT2D eigenvalue weighted by Crippen LogP contribution is -2.14. The minimum atomic E-state index is -4.55. The predicted octanol–water partition coefficient (Wildman–Crippen LogP) is 4.15. The van der Waals surface area contributed by atoms with Gasteiger partial charge in [0.1, 0.15) is 11.4 Å². The van der Waals surface area contributed by atoms with Crippen molar-refractivity contribution in [1.29, 1.82) is 0 Å². The Morgan fingerprint density at radius 1 is 0.963 bits per heavy atom. The molecule has 3 rings (SSSR count). The van der Waals surface area contributed by atoms with Crippen molar-refractivity contribution < 1.29 is 18.0 Å². The van der Waals surface area contributed by atoms with Gasteiger partial charge in [0.25, 0.3) is 5.91 Å². The molecule has 0 spiro atoms. The van der Waals surface area contributed by atoms with Crippen LogP contribution in [0, 0.1) is 11.8 Å². The summed E-state index contributed by atoms with van der Waals surface area (Å²) in [5.74, 6) is 5.28. The first kappa shape index (κ1) is 18.1. The van der Waals surface area contributed by atoms with E-state index < -0.39 is 17.8 Å². The lowest BCUT2D eigenvalue weighted by molar-refractivity contribution is -0.141. The molecule has 1 aromatic carbocycles. The first-order chi connectivity index (χ1) is 12.9. The maximum absolute atomic E-state index is 12.5. The quantitative estimate of drug-likeness (QED) is 0.693. The van der Waals surface area contributed by atoms with Gasteiger partial charge in [-0.3, -0.25) is 9.78 Å². The van der Waals surface area contributed by atoms with Crippen LogP contribution in [0.25, 0.3) is 0 Å². The number of aromatic nitrogens is 2. The number of anilines is 1. The van der Waals surface area contributed by atoms with Gasteiger partial charge >= 0.3 is 6.18 Å². The van der Waals surface area contributed by atoms with E-state index in [0.717, 1.165) is 18.3 Å². The molecule has 1 amide bonds. The van der Waals surface area contributed by atoms with Gasteiger partial charge in [-0.1, -0.05) is 18.1 Å². The van der Waals surface area contributed by atoms with Crippen molar-refractivity contribution in [2.75, 3.05) is 5.32 Å².